The Morgan fingerprint density at radius 3 is 2.36 bits per heavy atom. The minimum atomic E-state index is -4.22. The van der Waals surface area contributed by atoms with Gasteiger partial charge in [0.1, 0.15) is 11.2 Å². The minimum Gasteiger partial charge on any atom is -0.439 e. The average Bonchev–Trinajstić information content (AvgIpc) is 3.34. The predicted molar refractivity (Wildman–Crippen MR) is 144 cm³/mol. The Balaban J connectivity index is 1.66. The number of nitrogens with one attached hydrogen (secondary N) is 1. The van der Waals surface area contributed by atoms with Crippen LogP contribution in [0.15, 0.2) is 81.1 Å². The van der Waals surface area contributed by atoms with Crippen molar-refractivity contribution in [2.45, 2.75) is 38.0 Å². The number of rotatable bonds is 6. The quantitative estimate of drug-likeness (QED) is 0.222. The van der Waals surface area contributed by atoms with Crippen molar-refractivity contribution in [2.75, 3.05) is 4.90 Å². The van der Waals surface area contributed by atoms with Crippen LogP contribution >= 0.6 is 0 Å². The summed E-state index contributed by atoms with van der Waals surface area (Å²) in [6, 6.07) is 17.9. The van der Waals surface area contributed by atoms with E-state index in [1.165, 1.54) is 12.1 Å². The molecule has 4 aromatic rings. The monoisotopic (exact) mass is 544 g/mol. The molecule has 2 heterocycles. The molecule has 1 N–H and O–H groups in total. The molecular formula is C28H24N4O6S. The number of anilines is 1. The summed E-state index contributed by atoms with van der Waals surface area (Å²) in [5.41, 5.74) is 2.54. The van der Waals surface area contributed by atoms with E-state index in [0.29, 0.717) is 28.6 Å². The van der Waals surface area contributed by atoms with Gasteiger partial charge in [0.05, 0.1) is 10.6 Å². The molecule has 1 aromatic heterocycles. The van der Waals surface area contributed by atoms with Crippen LogP contribution in [0.3, 0.4) is 0 Å². The van der Waals surface area contributed by atoms with Crippen molar-refractivity contribution in [3.63, 3.8) is 0 Å². The molecule has 11 heteroatoms. The molecule has 198 valence electrons. The van der Waals surface area contributed by atoms with Crippen LogP contribution in [-0.4, -0.2) is 36.7 Å². The van der Waals surface area contributed by atoms with Crippen molar-refractivity contribution in [3.05, 3.63) is 89.3 Å². The second kappa shape index (κ2) is 9.91. The largest absolute Gasteiger partial charge is 0.439 e. The van der Waals surface area contributed by atoms with E-state index < -0.39 is 39.3 Å². The number of hydrazone groups is 1. The van der Waals surface area contributed by atoms with Crippen LogP contribution in [0.4, 0.5) is 5.69 Å². The van der Waals surface area contributed by atoms with Gasteiger partial charge in [-0.3, -0.25) is 14.4 Å². The van der Waals surface area contributed by atoms with E-state index >= 15 is 0 Å². The van der Waals surface area contributed by atoms with E-state index in [4.69, 9.17) is 4.42 Å². The number of carbonyl (C=O) groups is 3. The summed E-state index contributed by atoms with van der Waals surface area (Å²) in [6.07, 6.45) is 0.476. The summed E-state index contributed by atoms with van der Waals surface area (Å²) in [5, 5.41) is 3.92. The van der Waals surface area contributed by atoms with Gasteiger partial charge in [0.2, 0.25) is 11.7 Å². The van der Waals surface area contributed by atoms with Gasteiger partial charge in [0, 0.05) is 0 Å². The molecule has 3 aromatic carbocycles. The third-order valence-electron chi connectivity index (χ3n) is 6.47. The molecule has 2 amide bonds. The second-order valence-corrected chi connectivity index (χ2v) is 10.8. The number of hydrogen-bond acceptors (Lipinski definition) is 8. The highest BCUT2D eigenvalue weighted by Crippen LogP contribution is 2.33. The number of benzene rings is 3. The van der Waals surface area contributed by atoms with Gasteiger partial charge in [-0.15, -0.1) is 0 Å². The van der Waals surface area contributed by atoms with Gasteiger partial charge < -0.3 is 4.42 Å². The molecule has 5 rings (SSSR count). The van der Waals surface area contributed by atoms with Crippen molar-refractivity contribution < 1.29 is 27.2 Å². The molecule has 1 aliphatic heterocycles. The molecule has 1 atom stereocenters. The number of carbonyl (C=O) groups excluding carboxylic acids is 3. The number of para-hydroxylation sites is 3. The Kier molecular flexibility index (Phi) is 6.61. The lowest BCUT2D eigenvalue weighted by atomic mass is 9.90. The van der Waals surface area contributed by atoms with Gasteiger partial charge in [0.25, 0.3) is 15.9 Å². The highest BCUT2D eigenvalue weighted by Gasteiger charge is 2.50. The Labute approximate surface area is 224 Å². The standard InChI is InChI=1S/C28H24N4O6S/c1-4-18-9-7-8-17(3)24(18)32-27(34)23(30-31-39(36,37)19-14-12-16(2)13-15-19)22(25(33)28(32)35)26-29-20-10-5-6-11-21(20)38-26/h5-15,22,31H,4H2,1-3H3/b30-23+/t22-/m1/s1. The van der Waals surface area contributed by atoms with E-state index in [0.717, 1.165) is 10.5 Å². The summed E-state index contributed by atoms with van der Waals surface area (Å²) in [5.74, 6) is -4.96. The Hall–Kier alpha value is -4.64. The highest BCUT2D eigenvalue weighted by molar-refractivity contribution is 7.89. The number of amides is 2. The van der Waals surface area contributed by atoms with Crippen LogP contribution in [0.5, 0.6) is 0 Å². The van der Waals surface area contributed by atoms with Crippen molar-refractivity contribution in [2.24, 2.45) is 5.10 Å². The van der Waals surface area contributed by atoms with Crippen LogP contribution in [0, 0.1) is 13.8 Å². The van der Waals surface area contributed by atoms with E-state index in [1.54, 1.807) is 61.5 Å². The van der Waals surface area contributed by atoms with Gasteiger partial charge >= 0.3 is 5.91 Å². The first-order valence-electron chi connectivity index (χ1n) is 12.1. The molecule has 0 spiro atoms. The Morgan fingerprint density at radius 2 is 1.67 bits per heavy atom. The number of aromatic nitrogens is 1. The number of oxazole rings is 1. The molecule has 1 aliphatic rings. The topological polar surface area (TPSA) is 139 Å². The first kappa shape index (κ1) is 26.0. The van der Waals surface area contributed by atoms with Crippen LogP contribution in [0.25, 0.3) is 11.1 Å². The van der Waals surface area contributed by atoms with Crippen molar-refractivity contribution in [1.82, 2.24) is 9.82 Å². The SMILES string of the molecule is CCc1cccc(C)c1N1C(=O)C(=O)[C@H](c2nc3ccccc3o2)/C(=N\NS(=O)(=O)c2ccc(C)cc2)C1=O. The van der Waals surface area contributed by atoms with Gasteiger partial charge in [-0.05, 0) is 55.7 Å². The van der Waals surface area contributed by atoms with Crippen molar-refractivity contribution in [1.29, 1.82) is 0 Å². The van der Waals surface area contributed by atoms with Crippen LogP contribution in [0.1, 0.15) is 35.4 Å². The van der Waals surface area contributed by atoms with Crippen LogP contribution in [0.2, 0.25) is 0 Å². The van der Waals surface area contributed by atoms with Gasteiger partial charge in [0.15, 0.2) is 11.5 Å². The average molecular weight is 545 g/mol. The van der Waals surface area contributed by atoms with E-state index in [-0.39, 0.29) is 16.5 Å². The van der Waals surface area contributed by atoms with Crippen LogP contribution < -0.4 is 9.73 Å². The molecule has 1 fully saturated rings. The molecule has 0 bridgehead atoms. The molecule has 0 radical (unpaired) electrons. The molecule has 0 unspecified atom stereocenters. The maximum Gasteiger partial charge on any atom is 0.302 e. The zero-order valence-corrected chi connectivity index (χ0v) is 22.2. The second-order valence-electron chi connectivity index (χ2n) is 9.10. The summed E-state index contributed by atoms with van der Waals surface area (Å²) in [6.45, 7) is 5.37. The Bertz CT molecular complexity index is 1740. The number of hydrogen-bond donors (Lipinski definition) is 1. The molecule has 0 aliphatic carbocycles. The number of ketones is 1. The third-order valence-corrected chi connectivity index (χ3v) is 7.70. The number of sulfonamides is 1. The Morgan fingerprint density at radius 1 is 0.949 bits per heavy atom. The van der Waals surface area contributed by atoms with Crippen LogP contribution in [-0.2, 0) is 30.8 Å². The normalized spacial score (nSPS) is 17.3. The van der Waals surface area contributed by atoms with Crippen molar-refractivity contribution in [3.8, 4) is 0 Å². The minimum absolute atomic E-state index is 0.0921. The zero-order valence-electron chi connectivity index (χ0n) is 21.3. The van der Waals surface area contributed by atoms with E-state index in [1.807, 2.05) is 13.8 Å². The molecule has 1 saturated heterocycles. The molecule has 10 nitrogen and oxygen atoms in total. The summed E-state index contributed by atoms with van der Waals surface area (Å²) in [4.78, 5) is 48.0. The summed E-state index contributed by atoms with van der Waals surface area (Å²) < 4.78 is 31.7. The molecule has 39 heavy (non-hydrogen) atoms. The maximum absolute atomic E-state index is 13.9. The number of aryl methyl sites for hydroxylation is 3. The van der Waals surface area contributed by atoms with Crippen molar-refractivity contribution >= 4 is 50.1 Å². The lowest BCUT2D eigenvalue weighted by molar-refractivity contribution is -0.139. The fourth-order valence-corrected chi connectivity index (χ4v) is 5.27. The number of nitrogens with zero attached hydrogens (tertiary/aromatic N) is 3. The number of imide groups is 1. The lowest BCUT2D eigenvalue weighted by Crippen LogP contribution is -2.55. The lowest BCUT2D eigenvalue weighted by Gasteiger charge is -2.30. The van der Waals surface area contributed by atoms with Gasteiger partial charge in [-0.25, -0.2) is 9.88 Å². The molecular weight excluding hydrogens is 520 g/mol. The number of Topliss-reactive ketones (excluding diaryl/α,β-unsaturated/α-hetero) is 1. The fourth-order valence-electron chi connectivity index (χ4n) is 4.45. The van der Waals surface area contributed by atoms with E-state index in [9.17, 15) is 22.8 Å². The zero-order chi connectivity index (χ0) is 27.9. The first-order chi connectivity index (χ1) is 18.6. The van der Waals surface area contributed by atoms with Gasteiger partial charge in [-0.2, -0.15) is 18.4 Å². The molecule has 0 saturated carbocycles. The maximum atomic E-state index is 13.9. The van der Waals surface area contributed by atoms with Gasteiger partial charge in [-0.1, -0.05) is 55.0 Å². The smallest absolute Gasteiger partial charge is 0.302 e. The summed E-state index contributed by atoms with van der Waals surface area (Å²) >= 11 is 0. The number of fused-ring (bicyclic) bond motifs is 1. The van der Waals surface area contributed by atoms with E-state index in [2.05, 4.69) is 14.9 Å². The first-order valence-corrected chi connectivity index (χ1v) is 13.6. The third kappa shape index (κ3) is 4.61. The highest BCUT2D eigenvalue weighted by atomic mass is 32.2. The summed E-state index contributed by atoms with van der Waals surface area (Å²) in [7, 11) is -4.22. The number of piperidine rings is 1. The predicted octanol–water partition coefficient (Wildman–Crippen LogP) is 3.57. The fraction of sp³-hybridized carbons (Fsp3) is 0.179.